The lowest BCUT2D eigenvalue weighted by Gasteiger charge is -2.05. The summed E-state index contributed by atoms with van der Waals surface area (Å²) < 4.78 is 0. The monoisotopic (exact) mass is 282 g/mol. The summed E-state index contributed by atoms with van der Waals surface area (Å²) in [4.78, 5) is 21.0. The highest BCUT2D eigenvalue weighted by Crippen LogP contribution is 2.21. The second-order valence-corrected chi connectivity index (χ2v) is 5.18. The number of anilines is 2. The van der Waals surface area contributed by atoms with Gasteiger partial charge in [-0.3, -0.25) is 10.1 Å². The second kappa shape index (κ2) is 5.32. The molecule has 5 nitrogen and oxygen atoms in total. The van der Waals surface area contributed by atoms with Gasteiger partial charge in [-0.2, -0.15) is 0 Å². The molecule has 0 radical (unpaired) electrons. The number of pyridine rings is 1. The van der Waals surface area contributed by atoms with Crippen LogP contribution in [0.3, 0.4) is 0 Å². The fourth-order valence-electron chi connectivity index (χ4n) is 1.33. The lowest BCUT2D eigenvalue weighted by molar-refractivity contribution is 0.102. The van der Waals surface area contributed by atoms with Gasteiger partial charge in [0.2, 0.25) is 0 Å². The zero-order chi connectivity index (χ0) is 13.1. The van der Waals surface area contributed by atoms with Crippen molar-refractivity contribution in [3.05, 3.63) is 33.9 Å². The third kappa shape index (κ3) is 2.77. The Hall–Kier alpha value is -1.66. The van der Waals surface area contributed by atoms with E-state index in [4.69, 9.17) is 11.6 Å². The highest BCUT2D eigenvalue weighted by Gasteiger charge is 2.11. The van der Waals surface area contributed by atoms with Crippen molar-refractivity contribution in [3.8, 4) is 0 Å². The van der Waals surface area contributed by atoms with E-state index in [9.17, 15) is 4.79 Å². The van der Waals surface area contributed by atoms with E-state index < -0.39 is 0 Å². The molecule has 2 N–H and O–H groups in total. The van der Waals surface area contributed by atoms with E-state index in [1.807, 2.05) is 6.92 Å². The number of thiazole rings is 1. The van der Waals surface area contributed by atoms with E-state index in [0.29, 0.717) is 21.5 Å². The van der Waals surface area contributed by atoms with Crippen LogP contribution in [-0.4, -0.2) is 22.9 Å². The van der Waals surface area contributed by atoms with E-state index in [-0.39, 0.29) is 5.91 Å². The maximum atomic E-state index is 11.9. The van der Waals surface area contributed by atoms with Gasteiger partial charge in [-0.05, 0) is 13.0 Å². The van der Waals surface area contributed by atoms with E-state index >= 15 is 0 Å². The number of carbonyl (C=O) groups is 1. The van der Waals surface area contributed by atoms with Gasteiger partial charge in [0.1, 0.15) is 5.82 Å². The maximum Gasteiger partial charge on any atom is 0.259 e. The van der Waals surface area contributed by atoms with Crippen molar-refractivity contribution in [1.82, 2.24) is 9.97 Å². The summed E-state index contributed by atoms with van der Waals surface area (Å²) in [6, 6.07) is 1.57. The summed E-state index contributed by atoms with van der Waals surface area (Å²) >= 11 is 7.38. The van der Waals surface area contributed by atoms with Gasteiger partial charge in [-0.1, -0.05) is 11.6 Å². The van der Waals surface area contributed by atoms with Crippen LogP contribution in [0, 0.1) is 6.92 Å². The Bertz CT molecular complexity index is 584. The number of rotatable bonds is 3. The van der Waals surface area contributed by atoms with Crippen LogP contribution in [0.1, 0.15) is 15.2 Å². The highest BCUT2D eigenvalue weighted by atomic mass is 35.5. The molecule has 0 fully saturated rings. The minimum Gasteiger partial charge on any atom is -0.372 e. The lowest BCUT2D eigenvalue weighted by Crippen LogP contribution is -2.12. The van der Waals surface area contributed by atoms with E-state index in [1.165, 1.54) is 17.5 Å². The van der Waals surface area contributed by atoms with Crippen LogP contribution < -0.4 is 10.6 Å². The Morgan fingerprint density at radius 3 is 2.72 bits per heavy atom. The van der Waals surface area contributed by atoms with Gasteiger partial charge >= 0.3 is 0 Å². The topological polar surface area (TPSA) is 66.9 Å². The van der Waals surface area contributed by atoms with E-state index in [1.54, 1.807) is 19.3 Å². The van der Waals surface area contributed by atoms with Gasteiger partial charge in [-0.25, -0.2) is 9.97 Å². The van der Waals surface area contributed by atoms with Crippen LogP contribution in [0.2, 0.25) is 5.02 Å². The van der Waals surface area contributed by atoms with Gasteiger partial charge in [0.25, 0.3) is 5.91 Å². The van der Waals surface area contributed by atoms with Crippen LogP contribution in [-0.2, 0) is 0 Å². The largest absolute Gasteiger partial charge is 0.372 e. The Balaban J connectivity index is 2.16. The third-order valence-corrected chi connectivity index (χ3v) is 3.30. The average molecular weight is 283 g/mol. The van der Waals surface area contributed by atoms with E-state index in [0.717, 1.165) is 4.88 Å². The molecule has 2 aromatic heterocycles. The zero-order valence-electron chi connectivity index (χ0n) is 9.82. The third-order valence-electron chi connectivity index (χ3n) is 2.18. The predicted molar refractivity (Wildman–Crippen MR) is 73.6 cm³/mol. The average Bonchev–Trinajstić information content (AvgIpc) is 2.74. The first kappa shape index (κ1) is 12.8. The van der Waals surface area contributed by atoms with Crippen LogP contribution in [0.4, 0.5) is 10.9 Å². The molecule has 0 unspecified atom stereocenters. The van der Waals surface area contributed by atoms with Crippen molar-refractivity contribution in [2.24, 2.45) is 0 Å². The maximum absolute atomic E-state index is 11.9. The first-order chi connectivity index (χ1) is 8.60. The van der Waals surface area contributed by atoms with Gasteiger partial charge in [0.05, 0.1) is 10.6 Å². The quantitative estimate of drug-likeness (QED) is 0.908. The Labute approximate surface area is 113 Å². The number of amides is 1. The summed E-state index contributed by atoms with van der Waals surface area (Å²) in [5.41, 5.74) is 0.395. The van der Waals surface area contributed by atoms with E-state index in [2.05, 4.69) is 20.6 Å². The lowest BCUT2D eigenvalue weighted by atomic mass is 10.2. The minimum atomic E-state index is -0.276. The number of hydrogen-bond donors (Lipinski definition) is 2. The Kier molecular flexibility index (Phi) is 3.78. The van der Waals surface area contributed by atoms with Crippen molar-refractivity contribution in [2.45, 2.75) is 6.92 Å². The number of aromatic nitrogens is 2. The molecule has 0 bridgehead atoms. The summed E-state index contributed by atoms with van der Waals surface area (Å²) in [5, 5.41) is 6.49. The van der Waals surface area contributed by atoms with Crippen molar-refractivity contribution in [1.29, 1.82) is 0 Å². The Morgan fingerprint density at radius 2 is 2.17 bits per heavy atom. The number of halogens is 1. The fraction of sp³-hybridized carbons (Fsp3) is 0.182. The molecule has 2 heterocycles. The second-order valence-electron chi connectivity index (χ2n) is 3.53. The van der Waals surface area contributed by atoms with Crippen molar-refractivity contribution in [2.75, 3.05) is 17.7 Å². The standard InChI is InChI=1S/C11H11ClN4OS/c1-6-4-15-11(18-6)16-10(17)7-3-8(12)9(13-2)14-5-7/h3-5H,1-2H3,(H,13,14)(H,15,16,17). The number of nitrogens with zero attached hydrogens (tertiary/aromatic N) is 2. The smallest absolute Gasteiger partial charge is 0.259 e. The summed E-state index contributed by atoms with van der Waals surface area (Å²) in [6.07, 6.45) is 3.17. The molecular formula is C11H11ClN4OS. The molecule has 18 heavy (non-hydrogen) atoms. The molecule has 94 valence electrons. The summed E-state index contributed by atoms with van der Waals surface area (Å²) in [6.45, 7) is 1.92. The molecular weight excluding hydrogens is 272 g/mol. The Morgan fingerprint density at radius 1 is 1.39 bits per heavy atom. The SMILES string of the molecule is CNc1ncc(C(=O)Nc2ncc(C)s2)cc1Cl. The molecule has 0 saturated carbocycles. The van der Waals surface area contributed by atoms with Crippen LogP contribution in [0.25, 0.3) is 0 Å². The fourth-order valence-corrected chi connectivity index (χ4v) is 2.25. The van der Waals surface area contributed by atoms with Crippen LogP contribution in [0.5, 0.6) is 0 Å². The normalized spacial score (nSPS) is 10.2. The molecule has 0 saturated heterocycles. The predicted octanol–water partition coefficient (Wildman–Crippen LogP) is 2.79. The number of aryl methyl sites for hydroxylation is 1. The molecule has 0 aliphatic heterocycles. The molecule has 0 spiro atoms. The van der Waals surface area contributed by atoms with Crippen molar-refractivity contribution >= 4 is 39.8 Å². The van der Waals surface area contributed by atoms with Gasteiger partial charge in [0, 0.05) is 24.3 Å². The van der Waals surface area contributed by atoms with Crippen molar-refractivity contribution in [3.63, 3.8) is 0 Å². The minimum absolute atomic E-state index is 0.276. The summed E-state index contributed by atoms with van der Waals surface area (Å²) in [5.74, 6) is 0.264. The molecule has 0 aliphatic carbocycles. The molecule has 2 rings (SSSR count). The molecule has 0 aliphatic rings. The van der Waals surface area contributed by atoms with Crippen molar-refractivity contribution < 1.29 is 4.79 Å². The number of hydrogen-bond acceptors (Lipinski definition) is 5. The first-order valence-corrected chi connectivity index (χ1v) is 6.36. The number of nitrogens with one attached hydrogen (secondary N) is 2. The molecule has 1 amide bonds. The number of carbonyl (C=O) groups excluding carboxylic acids is 1. The van der Waals surface area contributed by atoms with Crippen LogP contribution in [0.15, 0.2) is 18.5 Å². The van der Waals surface area contributed by atoms with Gasteiger partial charge in [0.15, 0.2) is 5.13 Å². The van der Waals surface area contributed by atoms with Crippen LogP contribution >= 0.6 is 22.9 Å². The first-order valence-electron chi connectivity index (χ1n) is 5.17. The van der Waals surface area contributed by atoms with Gasteiger partial charge < -0.3 is 5.32 Å². The molecule has 2 aromatic rings. The van der Waals surface area contributed by atoms with Gasteiger partial charge in [-0.15, -0.1) is 11.3 Å². The molecule has 0 aromatic carbocycles. The molecule has 7 heteroatoms. The summed E-state index contributed by atoms with van der Waals surface area (Å²) in [7, 11) is 1.71. The highest BCUT2D eigenvalue weighted by molar-refractivity contribution is 7.15. The molecule has 0 atom stereocenters. The zero-order valence-corrected chi connectivity index (χ0v) is 11.4.